The largest absolute Gasteiger partial charge is 0.462 e. The Morgan fingerprint density at radius 2 is 1.31 bits per heavy atom. The molecule has 142 valence electrons. The maximum atomic E-state index is 12.1. The van der Waals surface area contributed by atoms with E-state index in [0.29, 0.717) is 23.2 Å². The van der Waals surface area contributed by atoms with Gasteiger partial charge in [0.25, 0.3) is 0 Å². The standard InChI is InChI=1S/C23H18N4O2/c1-4-29-23(28)14-7-10-17-18(11-14)27-22-16-9-6-13(3)25-20(16)19-15(21(22)26-17)8-5-12(2)24-19/h5-11H,4H2,1-3H3. The van der Waals surface area contributed by atoms with E-state index in [1.807, 2.05) is 38.1 Å². The quantitative estimate of drug-likeness (QED) is 0.251. The van der Waals surface area contributed by atoms with Gasteiger partial charge in [0.15, 0.2) is 0 Å². The molecule has 0 fully saturated rings. The number of rotatable bonds is 2. The zero-order valence-electron chi connectivity index (χ0n) is 16.4. The predicted octanol–water partition coefficient (Wildman–Crippen LogP) is 4.67. The number of carbonyl (C=O) groups is 1. The van der Waals surface area contributed by atoms with Crippen molar-refractivity contribution >= 4 is 49.8 Å². The zero-order chi connectivity index (χ0) is 20.1. The third kappa shape index (κ3) is 2.76. The highest BCUT2D eigenvalue weighted by atomic mass is 16.5. The molecule has 0 aliphatic heterocycles. The molecule has 29 heavy (non-hydrogen) atoms. The van der Waals surface area contributed by atoms with E-state index < -0.39 is 0 Å². The summed E-state index contributed by atoms with van der Waals surface area (Å²) in [6.07, 6.45) is 0. The Morgan fingerprint density at radius 3 is 1.90 bits per heavy atom. The van der Waals surface area contributed by atoms with Gasteiger partial charge >= 0.3 is 5.97 Å². The SMILES string of the molecule is CCOC(=O)c1ccc2nc3c4ccc(C)nc4c4nc(C)ccc4c3nc2c1. The molecule has 0 saturated heterocycles. The minimum Gasteiger partial charge on any atom is -0.462 e. The molecule has 3 heterocycles. The first-order valence-electron chi connectivity index (χ1n) is 9.50. The second kappa shape index (κ2) is 6.44. The van der Waals surface area contributed by atoms with Crippen molar-refractivity contribution in [3.05, 3.63) is 59.4 Å². The number of aromatic nitrogens is 4. The highest BCUT2D eigenvalue weighted by molar-refractivity contribution is 6.21. The molecule has 0 aliphatic carbocycles. The molecule has 0 saturated carbocycles. The molecule has 0 unspecified atom stereocenters. The van der Waals surface area contributed by atoms with Gasteiger partial charge < -0.3 is 4.74 Å². The normalized spacial score (nSPS) is 11.6. The van der Waals surface area contributed by atoms with E-state index in [9.17, 15) is 4.79 Å². The number of hydrogen-bond acceptors (Lipinski definition) is 6. The van der Waals surface area contributed by atoms with Crippen molar-refractivity contribution in [2.24, 2.45) is 0 Å². The van der Waals surface area contributed by atoms with Crippen LogP contribution in [0.4, 0.5) is 0 Å². The van der Waals surface area contributed by atoms with Crippen molar-refractivity contribution < 1.29 is 9.53 Å². The monoisotopic (exact) mass is 382 g/mol. The van der Waals surface area contributed by atoms with E-state index in [4.69, 9.17) is 24.7 Å². The van der Waals surface area contributed by atoms with E-state index in [1.54, 1.807) is 25.1 Å². The van der Waals surface area contributed by atoms with E-state index in [1.165, 1.54) is 0 Å². The van der Waals surface area contributed by atoms with Crippen molar-refractivity contribution in [3.63, 3.8) is 0 Å². The summed E-state index contributed by atoms with van der Waals surface area (Å²) in [6.45, 7) is 6.04. The molecule has 3 aromatic heterocycles. The van der Waals surface area contributed by atoms with E-state index in [-0.39, 0.29) is 5.97 Å². The first-order valence-corrected chi connectivity index (χ1v) is 9.50. The van der Waals surface area contributed by atoms with Crippen molar-refractivity contribution in [2.45, 2.75) is 20.8 Å². The number of pyridine rings is 2. The fraction of sp³-hybridized carbons (Fsp3) is 0.174. The fourth-order valence-electron chi connectivity index (χ4n) is 3.63. The number of nitrogens with zero attached hydrogens (tertiary/aromatic N) is 4. The van der Waals surface area contributed by atoms with E-state index in [0.717, 1.165) is 44.2 Å². The Labute approximate surface area is 166 Å². The zero-order valence-corrected chi connectivity index (χ0v) is 16.4. The van der Waals surface area contributed by atoms with Gasteiger partial charge in [-0.2, -0.15) is 0 Å². The van der Waals surface area contributed by atoms with Gasteiger partial charge in [0, 0.05) is 22.2 Å². The van der Waals surface area contributed by atoms with Crippen LogP contribution in [-0.2, 0) is 4.74 Å². The Kier molecular flexibility index (Phi) is 3.87. The van der Waals surface area contributed by atoms with Gasteiger partial charge in [0.05, 0.1) is 45.3 Å². The number of aryl methyl sites for hydroxylation is 2. The van der Waals surface area contributed by atoms with Crippen LogP contribution in [0.15, 0.2) is 42.5 Å². The third-order valence-electron chi connectivity index (χ3n) is 4.98. The molecule has 6 nitrogen and oxygen atoms in total. The molecular weight excluding hydrogens is 364 g/mol. The lowest BCUT2D eigenvalue weighted by atomic mass is 10.1. The number of fused-ring (bicyclic) bond motifs is 7. The molecule has 0 spiro atoms. The predicted molar refractivity (Wildman–Crippen MR) is 113 cm³/mol. The number of hydrogen-bond donors (Lipinski definition) is 0. The summed E-state index contributed by atoms with van der Waals surface area (Å²) in [5.41, 5.74) is 6.83. The Hall–Kier alpha value is -3.67. The first-order chi connectivity index (χ1) is 14.0. The van der Waals surface area contributed by atoms with Gasteiger partial charge in [-0.3, -0.25) is 9.97 Å². The number of esters is 1. The Balaban J connectivity index is 1.92. The lowest BCUT2D eigenvalue weighted by Crippen LogP contribution is -2.04. The summed E-state index contributed by atoms with van der Waals surface area (Å²) in [4.78, 5) is 31.3. The fourth-order valence-corrected chi connectivity index (χ4v) is 3.63. The van der Waals surface area contributed by atoms with Gasteiger partial charge in [0.2, 0.25) is 0 Å². The van der Waals surface area contributed by atoms with Gasteiger partial charge in [-0.1, -0.05) is 0 Å². The van der Waals surface area contributed by atoms with Crippen molar-refractivity contribution in [1.82, 2.24) is 19.9 Å². The summed E-state index contributed by atoms with van der Waals surface area (Å²) in [5.74, 6) is -0.364. The minimum absolute atomic E-state index is 0.328. The van der Waals surface area contributed by atoms with Crippen LogP contribution in [0.25, 0.3) is 43.9 Å². The van der Waals surface area contributed by atoms with Crippen LogP contribution in [0, 0.1) is 13.8 Å². The lowest BCUT2D eigenvalue weighted by molar-refractivity contribution is 0.0526. The van der Waals surface area contributed by atoms with Gasteiger partial charge in [0.1, 0.15) is 0 Å². The second-order valence-electron chi connectivity index (χ2n) is 7.04. The lowest BCUT2D eigenvalue weighted by Gasteiger charge is -2.10. The molecule has 2 aromatic carbocycles. The average Bonchev–Trinajstić information content (AvgIpc) is 2.72. The van der Waals surface area contributed by atoms with Crippen LogP contribution in [-0.4, -0.2) is 32.5 Å². The smallest absolute Gasteiger partial charge is 0.338 e. The summed E-state index contributed by atoms with van der Waals surface area (Å²) in [7, 11) is 0. The van der Waals surface area contributed by atoms with Crippen LogP contribution in [0.3, 0.4) is 0 Å². The summed E-state index contributed by atoms with van der Waals surface area (Å²) in [5, 5.41) is 1.81. The highest BCUT2D eigenvalue weighted by Crippen LogP contribution is 2.32. The molecule has 0 amide bonds. The molecule has 5 aromatic rings. The van der Waals surface area contributed by atoms with Gasteiger partial charge in [-0.25, -0.2) is 14.8 Å². The Bertz CT molecular complexity index is 1460. The van der Waals surface area contributed by atoms with Crippen molar-refractivity contribution in [1.29, 1.82) is 0 Å². The van der Waals surface area contributed by atoms with Crippen molar-refractivity contribution in [2.75, 3.05) is 6.61 Å². The number of ether oxygens (including phenoxy) is 1. The molecular formula is C23H18N4O2. The minimum atomic E-state index is -0.364. The van der Waals surface area contributed by atoms with Crippen LogP contribution in [0.1, 0.15) is 28.7 Å². The summed E-state index contributed by atoms with van der Waals surface area (Å²) < 4.78 is 5.11. The van der Waals surface area contributed by atoms with Crippen LogP contribution < -0.4 is 0 Å². The average molecular weight is 382 g/mol. The molecule has 0 N–H and O–H groups in total. The molecule has 0 bridgehead atoms. The molecule has 0 radical (unpaired) electrons. The second-order valence-corrected chi connectivity index (χ2v) is 7.04. The Morgan fingerprint density at radius 1 is 0.759 bits per heavy atom. The number of benzene rings is 2. The highest BCUT2D eigenvalue weighted by Gasteiger charge is 2.16. The number of carbonyl (C=O) groups excluding carboxylic acids is 1. The third-order valence-corrected chi connectivity index (χ3v) is 4.98. The van der Waals surface area contributed by atoms with Gasteiger partial charge in [-0.15, -0.1) is 0 Å². The topological polar surface area (TPSA) is 77.9 Å². The van der Waals surface area contributed by atoms with E-state index in [2.05, 4.69) is 0 Å². The molecule has 5 rings (SSSR count). The molecule has 0 atom stereocenters. The van der Waals surface area contributed by atoms with Crippen LogP contribution in [0.5, 0.6) is 0 Å². The summed E-state index contributed by atoms with van der Waals surface area (Å²) in [6, 6.07) is 13.2. The molecule has 6 heteroatoms. The summed E-state index contributed by atoms with van der Waals surface area (Å²) >= 11 is 0. The maximum Gasteiger partial charge on any atom is 0.338 e. The van der Waals surface area contributed by atoms with Crippen molar-refractivity contribution in [3.8, 4) is 0 Å². The van der Waals surface area contributed by atoms with Gasteiger partial charge in [-0.05, 0) is 63.2 Å². The van der Waals surface area contributed by atoms with E-state index >= 15 is 0 Å². The van der Waals surface area contributed by atoms with Crippen LogP contribution in [0.2, 0.25) is 0 Å². The molecule has 0 aliphatic rings. The first kappa shape index (κ1) is 17.4. The maximum absolute atomic E-state index is 12.1. The van der Waals surface area contributed by atoms with Crippen LogP contribution >= 0.6 is 0 Å².